The molecule has 0 aliphatic heterocycles. The molecule has 1 aromatic heterocycles. The lowest BCUT2D eigenvalue weighted by Crippen LogP contribution is -1.93. The van der Waals surface area contributed by atoms with Gasteiger partial charge in [-0.1, -0.05) is 12.8 Å². The fourth-order valence-corrected chi connectivity index (χ4v) is 2.88. The molecule has 0 spiro atoms. The van der Waals surface area contributed by atoms with Gasteiger partial charge in [0.1, 0.15) is 0 Å². The minimum absolute atomic E-state index is 0.917. The number of H-pyrrole nitrogens is 1. The van der Waals surface area contributed by atoms with Gasteiger partial charge in [-0.3, -0.25) is 5.10 Å². The van der Waals surface area contributed by atoms with Crippen molar-refractivity contribution < 1.29 is 0 Å². The number of aromatic nitrogens is 2. The van der Waals surface area contributed by atoms with Gasteiger partial charge in [0.25, 0.3) is 0 Å². The van der Waals surface area contributed by atoms with E-state index in [-0.39, 0.29) is 0 Å². The van der Waals surface area contributed by atoms with Crippen LogP contribution < -0.4 is 0 Å². The van der Waals surface area contributed by atoms with Crippen molar-refractivity contribution in [1.29, 1.82) is 0 Å². The molecule has 0 radical (unpaired) electrons. The molecule has 0 bridgehead atoms. The maximum absolute atomic E-state index is 3.93. The van der Waals surface area contributed by atoms with Crippen LogP contribution in [0.1, 0.15) is 31.2 Å². The molecule has 0 unspecified atom stereocenters. The topological polar surface area (TPSA) is 28.7 Å². The maximum Gasteiger partial charge on any atom is 0.0527 e. The number of aromatic amines is 1. The SMILES string of the molecule is c1n[nH]cc1CSC1CCCC1. The van der Waals surface area contributed by atoms with Crippen molar-refractivity contribution in [2.24, 2.45) is 0 Å². The molecule has 1 fully saturated rings. The minimum Gasteiger partial charge on any atom is -0.285 e. The van der Waals surface area contributed by atoms with Gasteiger partial charge in [-0.05, 0) is 18.4 Å². The van der Waals surface area contributed by atoms with Crippen molar-refractivity contribution in [1.82, 2.24) is 10.2 Å². The van der Waals surface area contributed by atoms with Crippen LogP contribution in [0.4, 0.5) is 0 Å². The van der Waals surface area contributed by atoms with Gasteiger partial charge >= 0.3 is 0 Å². The normalized spacial score (nSPS) is 18.7. The zero-order valence-corrected chi connectivity index (χ0v) is 7.94. The molecule has 0 amide bonds. The number of nitrogens with zero attached hydrogens (tertiary/aromatic N) is 1. The summed E-state index contributed by atoms with van der Waals surface area (Å²) in [5.41, 5.74) is 1.33. The van der Waals surface area contributed by atoms with Crippen molar-refractivity contribution in [3.8, 4) is 0 Å². The van der Waals surface area contributed by atoms with E-state index in [0.29, 0.717) is 0 Å². The fourth-order valence-electron chi connectivity index (χ4n) is 1.63. The van der Waals surface area contributed by atoms with Gasteiger partial charge < -0.3 is 0 Å². The lowest BCUT2D eigenvalue weighted by atomic mass is 10.4. The van der Waals surface area contributed by atoms with E-state index >= 15 is 0 Å². The Hall–Kier alpha value is -0.440. The highest BCUT2D eigenvalue weighted by Crippen LogP contribution is 2.31. The van der Waals surface area contributed by atoms with Gasteiger partial charge in [0.15, 0.2) is 0 Å². The van der Waals surface area contributed by atoms with E-state index in [1.165, 1.54) is 31.2 Å². The molecule has 1 aromatic rings. The molecule has 12 heavy (non-hydrogen) atoms. The second kappa shape index (κ2) is 3.99. The summed E-state index contributed by atoms with van der Waals surface area (Å²) in [6.07, 6.45) is 9.61. The summed E-state index contributed by atoms with van der Waals surface area (Å²) in [6, 6.07) is 0. The standard InChI is InChI=1S/C9H14N2S/c1-2-4-9(3-1)12-7-8-5-10-11-6-8/h5-6,9H,1-4,7H2,(H,10,11). The Kier molecular flexibility index (Phi) is 2.71. The number of thioether (sulfide) groups is 1. The summed E-state index contributed by atoms with van der Waals surface area (Å²) in [5.74, 6) is 1.13. The number of hydrogen-bond donors (Lipinski definition) is 1. The van der Waals surface area contributed by atoms with Gasteiger partial charge in [-0.2, -0.15) is 16.9 Å². The number of rotatable bonds is 3. The zero-order chi connectivity index (χ0) is 8.23. The molecule has 3 heteroatoms. The zero-order valence-electron chi connectivity index (χ0n) is 7.12. The highest BCUT2D eigenvalue weighted by molar-refractivity contribution is 7.99. The van der Waals surface area contributed by atoms with Crippen molar-refractivity contribution >= 4 is 11.8 Å². The second-order valence-electron chi connectivity index (χ2n) is 3.32. The first-order valence-electron chi connectivity index (χ1n) is 4.54. The third kappa shape index (κ3) is 2.03. The van der Waals surface area contributed by atoms with Crippen LogP contribution >= 0.6 is 11.8 Å². The average Bonchev–Trinajstić information content (AvgIpc) is 2.74. The quantitative estimate of drug-likeness (QED) is 0.778. The van der Waals surface area contributed by atoms with Gasteiger partial charge in [0.05, 0.1) is 6.20 Å². The monoisotopic (exact) mass is 182 g/mol. The predicted octanol–water partition coefficient (Wildman–Crippen LogP) is 2.59. The van der Waals surface area contributed by atoms with E-state index in [1.54, 1.807) is 0 Å². The first-order valence-corrected chi connectivity index (χ1v) is 5.59. The maximum atomic E-state index is 3.93. The number of hydrogen-bond acceptors (Lipinski definition) is 2. The largest absolute Gasteiger partial charge is 0.285 e. The van der Waals surface area contributed by atoms with E-state index in [0.717, 1.165) is 11.0 Å². The van der Waals surface area contributed by atoms with Gasteiger partial charge in [-0.25, -0.2) is 0 Å². The minimum atomic E-state index is 0.917. The molecule has 66 valence electrons. The third-order valence-electron chi connectivity index (χ3n) is 2.34. The summed E-state index contributed by atoms with van der Waals surface area (Å²) in [5, 5.41) is 7.69. The molecular weight excluding hydrogens is 168 g/mol. The Balaban J connectivity index is 1.74. The Morgan fingerprint density at radius 1 is 1.50 bits per heavy atom. The van der Waals surface area contributed by atoms with Crippen LogP contribution in [0.5, 0.6) is 0 Å². The van der Waals surface area contributed by atoms with Crippen molar-refractivity contribution in [2.75, 3.05) is 0 Å². The summed E-state index contributed by atoms with van der Waals surface area (Å²) in [6.45, 7) is 0. The van der Waals surface area contributed by atoms with Crippen LogP contribution in [0.2, 0.25) is 0 Å². The third-order valence-corrected chi connectivity index (χ3v) is 3.79. The van der Waals surface area contributed by atoms with Crippen LogP contribution in [-0.4, -0.2) is 15.4 Å². The first-order chi connectivity index (χ1) is 5.95. The van der Waals surface area contributed by atoms with Gasteiger partial charge in [-0.15, -0.1) is 0 Å². The lowest BCUT2D eigenvalue weighted by Gasteiger charge is -2.05. The molecule has 0 saturated heterocycles. The number of nitrogens with one attached hydrogen (secondary N) is 1. The first kappa shape index (κ1) is 8.17. The van der Waals surface area contributed by atoms with Crippen molar-refractivity contribution in [2.45, 2.75) is 36.7 Å². The van der Waals surface area contributed by atoms with E-state index in [9.17, 15) is 0 Å². The van der Waals surface area contributed by atoms with E-state index in [1.807, 2.05) is 12.4 Å². The van der Waals surface area contributed by atoms with E-state index < -0.39 is 0 Å². The summed E-state index contributed by atoms with van der Waals surface area (Å²) in [7, 11) is 0. The summed E-state index contributed by atoms with van der Waals surface area (Å²) >= 11 is 2.08. The van der Waals surface area contributed by atoms with Crippen molar-refractivity contribution in [3.63, 3.8) is 0 Å². The van der Waals surface area contributed by atoms with E-state index in [4.69, 9.17) is 0 Å². The average molecular weight is 182 g/mol. The molecule has 1 heterocycles. The molecule has 1 saturated carbocycles. The molecule has 2 nitrogen and oxygen atoms in total. The van der Waals surface area contributed by atoms with Crippen LogP contribution in [0.3, 0.4) is 0 Å². The van der Waals surface area contributed by atoms with Crippen LogP contribution in [-0.2, 0) is 5.75 Å². The lowest BCUT2D eigenvalue weighted by molar-refractivity contribution is 0.886. The smallest absolute Gasteiger partial charge is 0.0527 e. The Morgan fingerprint density at radius 2 is 2.33 bits per heavy atom. The van der Waals surface area contributed by atoms with Crippen LogP contribution in [0.15, 0.2) is 12.4 Å². The second-order valence-corrected chi connectivity index (χ2v) is 4.61. The van der Waals surface area contributed by atoms with Gasteiger partial charge in [0, 0.05) is 17.2 Å². The molecule has 1 aliphatic rings. The Bertz CT molecular complexity index is 214. The Morgan fingerprint density at radius 3 is 3.00 bits per heavy atom. The molecule has 0 aromatic carbocycles. The molecule has 1 aliphatic carbocycles. The molecule has 1 N–H and O–H groups in total. The highest BCUT2D eigenvalue weighted by Gasteiger charge is 2.14. The van der Waals surface area contributed by atoms with Crippen molar-refractivity contribution in [3.05, 3.63) is 18.0 Å². The van der Waals surface area contributed by atoms with E-state index in [2.05, 4.69) is 22.0 Å². The molecular formula is C9H14N2S. The summed E-state index contributed by atoms with van der Waals surface area (Å²) < 4.78 is 0. The summed E-state index contributed by atoms with van der Waals surface area (Å²) in [4.78, 5) is 0. The Labute approximate surface area is 77.1 Å². The van der Waals surface area contributed by atoms with Crippen LogP contribution in [0.25, 0.3) is 0 Å². The fraction of sp³-hybridized carbons (Fsp3) is 0.667. The molecule has 2 rings (SSSR count). The van der Waals surface area contributed by atoms with Gasteiger partial charge in [0.2, 0.25) is 0 Å². The predicted molar refractivity (Wildman–Crippen MR) is 52.1 cm³/mol. The molecule has 0 atom stereocenters. The highest BCUT2D eigenvalue weighted by atomic mass is 32.2. The van der Waals surface area contributed by atoms with Crippen LogP contribution in [0, 0.1) is 0 Å².